The zero-order valence-corrected chi connectivity index (χ0v) is 11.6. The van der Waals surface area contributed by atoms with Crippen molar-refractivity contribution < 1.29 is 0 Å². The van der Waals surface area contributed by atoms with E-state index < -0.39 is 0 Å². The van der Waals surface area contributed by atoms with Crippen molar-refractivity contribution in [1.82, 2.24) is 0 Å². The van der Waals surface area contributed by atoms with Crippen molar-refractivity contribution in [3.8, 4) is 11.1 Å². The Bertz CT molecular complexity index is 929. The van der Waals surface area contributed by atoms with Crippen LogP contribution in [0.25, 0.3) is 21.9 Å². The fraction of sp³-hybridized carbons (Fsp3) is 0.0476. The maximum atomic E-state index is 2.33. The summed E-state index contributed by atoms with van der Waals surface area (Å²) in [5.74, 6) is 0. The van der Waals surface area contributed by atoms with Gasteiger partial charge in [-0.25, -0.2) is 0 Å². The van der Waals surface area contributed by atoms with E-state index in [1.54, 1.807) is 0 Å². The first-order chi connectivity index (χ1) is 10.4. The van der Waals surface area contributed by atoms with Gasteiger partial charge in [0.15, 0.2) is 0 Å². The summed E-state index contributed by atoms with van der Waals surface area (Å²) in [6.07, 6.45) is 8.99. The molecule has 2 aliphatic rings. The van der Waals surface area contributed by atoms with Crippen LogP contribution in [0.4, 0.5) is 0 Å². The first-order valence-electron chi connectivity index (χ1n) is 7.39. The molecular formula is C21H14. The third-order valence-corrected chi connectivity index (χ3v) is 4.85. The van der Waals surface area contributed by atoms with E-state index in [1.807, 2.05) is 0 Å². The van der Waals surface area contributed by atoms with Crippen molar-refractivity contribution in [2.75, 3.05) is 0 Å². The van der Waals surface area contributed by atoms with Crippen LogP contribution in [0, 0.1) is 0 Å². The van der Waals surface area contributed by atoms with Crippen LogP contribution < -0.4 is 0 Å². The number of benzene rings is 3. The molecule has 21 heavy (non-hydrogen) atoms. The lowest BCUT2D eigenvalue weighted by atomic mass is 9.79. The van der Waals surface area contributed by atoms with Crippen LogP contribution in [0.15, 0.2) is 85.0 Å². The number of hydrogen-bond acceptors (Lipinski definition) is 0. The van der Waals surface area contributed by atoms with Crippen LogP contribution in [-0.2, 0) is 5.41 Å². The summed E-state index contributed by atoms with van der Waals surface area (Å²) in [4.78, 5) is 0. The standard InChI is InChI=1S/C21H14/c1-2-8-16-15(7-1)11-12-19-20(16)17-9-3-4-10-18(17)21(19)13-5-6-14-21/h1-14H. The Morgan fingerprint density at radius 1 is 0.619 bits per heavy atom. The van der Waals surface area contributed by atoms with E-state index in [9.17, 15) is 0 Å². The summed E-state index contributed by atoms with van der Waals surface area (Å²) in [6, 6.07) is 22.1. The van der Waals surface area contributed by atoms with Crippen molar-refractivity contribution in [2.45, 2.75) is 5.41 Å². The molecule has 1 spiro atoms. The molecule has 0 heterocycles. The zero-order chi connectivity index (χ0) is 13.9. The van der Waals surface area contributed by atoms with E-state index in [1.165, 1.54) is 33.0 Å². The van der Waals surface area contributed by atoms with Gasteiger partial charge in [0.25, 0.3) is 0 Å². The van der Waals surface area contributed by atoms with Crippen LogP contribution in [0.1, 0.15) is 11.1 Å². The van der Waals surface area contributed by atoms with Gasteiger partial charge in [0, 0.05) is 0 Å². The Morgan fingerprint density at radius 3 is 2.29 bits per heavy atom. The van der Waals surface area contributed by atoms with Crippen molar-refractivity contribution in [3.63, 3.8) is 0 Å². The van der Waals surface area contributed by atoms with Gasteiger partial charge in [-0.3, -0.25) is 0 Å². The maximum absolute atomic E-state index is 2.33. The molecular weight excluding hydrogens is 252 g/mol. The Hall–Kier alpha value is -2.60. The van der Waals surface area contributed by atoms with Crippen molar-refractivity contribution in [3.05, 3.63) is 96.1 Å². The molecule has 0 aliphatic heterocycles. The minimum Gasteiger partial charge on any atom is -0.0658 e. The molecule has 0 amide bonds. The van der Waals surface area contributed by atoms with E-state index in [0.29, 0.717) is 0 Å². The molecule has 0 N–H and O–H groups in total. The van der Waals surface area contributed by atoms with Gasteiger partial charge in [-0.05, 0) is 33.0 Å². The number of allylic oxidation sites excluding steroid dienone is 4. The van der Waals surface area contributed by atoms with Crippen molar-refractivity contribution in [2.24, 2.45) is 0 Å². The number of hydrogen-bond donors (Lipinski definition) is 0. The van der Waals surface area contributed by atoms with Crippen LogP contribution in [0.3, 0.4) is 0 Å². The van der Waals surface area contributed by atoms with Gasteiger partial charge < -0.3 is 0 Å². The molecule has 0 fully saturated rings. The summed E-state index contributed by atoms with van der Waals surface area (Å²) in [7, 11) is 0. The molecule has 5 rings (SSSR count). The lowest BCUT2D eigenvalue weighted by Crippen LogP contribution is -2.17. The van der Waals surface area contributed by atoms with Crippen molar-refractivity contribution >= 4 is 10.8 Å². The first-order valence-corrected chi connectivity index (χ1v) is 7.39. The van der Waals surface area contributed by atoms with E-state index in [-0.39, 0.29) is 5.41 Å². The van der Waals surface area contributed by atoms with Gasteiger partial charge >= 0.3 is 0 Å². The van der Waals surface area contributed by atoms with Gasteiger partial charge in [-0.2, -0.15) is 0 Å². The SMILES string of the molecule is C1=CC2(C=C1)c1ccccc1-c1c2ccc2ccccc12. The zero-order valence-electron chi connectivity index (χ0n) is 11.6. The molecule has 98 valence electrons. The molecule has 0 nitrogen and oxygen atoms in total. The molecule has 0 atom stereocenters. The fourth-order valence-corrected chi connectivity index (χ4v) is 3.94. The largest absolute Gasteiger partial charge is 0.0658 e. The van der Waals surface area contributed by atoms with Crippen molar-refractivity contribution in [1.29, 1.82) is 0 Å². The summed E-state index contributed by atoms with van der Waals surface area (Å²) in [6.45, 7) is 0. The monoisotopic (exact) mass is 266 g/mol. The summed E-state index contributed by atoms with van der Waals surface area (Å²) in [5, 5.41) is 2.67. The topological polar surface area (TPSA) is 0 Å². The molecule has 0 saturated heterocycles. The highest BCUT2D eigenvalue weighted by Gasteiger charge is 2.40. The Balaban J connectivity index is 2.02. The lowest BCUT2D eigenvalue weighted by molar-refractivity contribution is 0.859. The second kappa shape index (κ2) is 3.73. The second-order valence-electron chi connectivity index (χ2n) is 5.84. The average molecular weight is 266 g/mol. The average Bonchev–Trinajstić information content (AvgIpc) is 3.14. The fourth-order valence-electron chi connectivity index (χ4n) is 3.94. The Morgan fingerprint density at radius 2 is 1.38 bits per heavy atom. The molecule has 0 bridgehead atoms. The molecule has 2 aliphatic carbocycles. The normalized spacial score (nSPS) is 16.6. The third kappa shape index (κ3) is 1.25. The van der Waals surface area contributed by atoms with E-state index >= 15 is 0 Å². The quantitative estimate of drug-likeness (QED) is 0.522. The van der Waals surface area contributed by atoms with Gasteiger partial charge in [-0.15, -0.1) is 0 Å². The molecule has 0 heteroatoms. The summed E-state index contributed by atoms with van der Waals surface area (Å²) >= 11 is 0. The molecule has 0 saturated carbocycles. The smallest absolute Gasteiger partial charge is 0.0581 e. The van der Waals surface area contributed by atoms with Gasteiger partial charge in [0.1, 0.15) is 0 Å². The lowest BCUT2D eigenvalue weighted by Gasteiger charge is -2.22. The number of rotatable bonds is 0. The molecule has 0 unspecified atom stereocenters. The summed E-state index contributed by atoms with van der Waals surface area (Å²) < 4.78 is 0. The van der Waals surface area contributed by atoms with Gasteiger partial charge in [0.2, 0.25) is 0 Å². The highest BCUT2D eigenvalue weighted by molar-refractivity contribution is 6.03. The Kier molecular flexibility index (Phi) is 1.97. The second-order valence-corrected chi connectivity index (χ2v) is 5.84. The molecule has 3 aromatic rings. The minimum absolute atomic E-state index is 0.0596. The predicted molar refractivity (Wildman–Crippen MR) is 88.4 cm³/mol. The number of fused-ring (bicyclic) bond motifs is 7. The summed E-state index contributed by atoms with van der Waals surface area (Å²) in [5.41, 5.74) is 5.53. The predicted octanol–water partition coefficient (Wildman–Crippen LogP) is 5.23. The van der Waals surface area contributed by atoms with Crippen LogP contribution in [-0.4, -0.2) is 0 Å². The Labute approximate surface area is 124 Å². The van der Waals surface area contributed by atoms with E-state index in [2.05, 4.69) is 85.0 Å². The maximum Gasteiger partial charge on any atom is 0.0581 e. The van der Waals surface area contributed by atoms with E-state index in [4.69, 9.17) is 0 Å². The van der Waals surface area contributed by atoms with Gasteiger partial charge in [0.05, 0.1) is 5.41 Å². The third-order valence-electron chi connectivity index (χ3n) is 4.85. The van der Waals surface area contributed by atoms with Crippen LogP contribution in [0.2, 0.25) is 0 Å². The molecule has 0 aromatic heterocycles. The molecule has 0 radical (unpaired) electrons. The first kappa shape index (κ1) is 11.1. The molecule has 3 aromatic carbocycles. The van der Waals surface area contributed by atoms with Crippen LogP contribution >= 0.6 is 0 Å². The highest BCUT2D eigenvalue weighted by Crippen LogP contribution is 2.53. The minimum atomic E-state index is -0.0596. The highest BCUT2D eigenvalue weighted by atomic mass is 14.4. The van der Waals surface area contributed by atoms with Gasteiger partial charge in [-0.1, -0.05) is 85.0 Å². The van der Waals surface area contributed by atoms with E-state index in [0.717, 1.165) is 0 Å². The van der Waals surface area contributed by atoms with Crippen LogP contribution in [0.5, 0.6) is 0 Å².